The van der Waals surface area contributed by atoms with Crippen molar-refractivity contribution in [1.82, 2.24) is 0 Å². The van der Waals surface area contributed by atoms with Gasteiger partial charge in [0.05, 0.1) is 6.61 Å². The third kappa shape index (κ3) is 1.83. The standard InChI is InChI=1S/C7H9NO3/c8-11-4-5-1-2-6(9)7(10)3-5/h1-3,9-10H,4,8H2. The van der Waals surface area contributed by atoms with Crippen molar-refractivity contribution in [3.8, 4) is 11.5 Å². The molecule has 4 N–H and O–H groups in total. The molecule has 0 heterocycles. The molecule has 60 valence electrons. The predicted molar refractivity (Wildman–Crippen MR) is 38.7 cm³/mol. The van der Waals surface area contributed by atoms with Crippen LogP contribution in [0.1, 0.15) is 5.56 Å². The van der Waals surface area contributed by atoms with E-state index in [0.29, 0.717) is 5.56 Å². The second-order valence-electron chi connectivity index (χ2n) is 2.13. The summed E-state index contributed by atoms with van der Waals surface area (Å²) in [5.74, 6) is 4.49. The largest absolute Gasteiger partial charge is 0.504 e. The molecule has 0 spiro atoms. The average Bonchev–Trinajstić information content (AvgIpc) is 1.98. The molecule has 1 aromatic carbocycles. The first-order valence-electron chi connectivity index (χ1n) is 3.06. The molecule has 11 heavy (non-hydrogen) atoms. The molecule has 0 aliphatic carbocycles. The van der Waals surface area contributed by atoms with E-state index in [1.165, 1.54) is 12.1 Å². The van der Waals surface area contributed by atoms with Gasteiger partial charge < -0.3 is 10.2 Å². The van der Waals surface area contributed by atoms with Crippen LogP contribution in [0.4, 0.5) is 0 Å². The van der Waals surface area contributed by atoms with Crippen LogP contribution in [0, 0.1) is 0 Å². The van der Waals surface area contributed by atoms with E-state index in [1.807, 2.05) is 0 Å². The lowest BCUT2D eigenvalue weighted by Gasteiger charge is -2.00. The monoisotopic (exact) mass is 155 g/mol. The van der Waals surface area contributed by atoms with E-state index in [0.717, 1.165) is 0 Å². The van der Waals surface area contributed by atoms with Crippen LogP contribution in [-0.4, -0.2) is 10.2 Å². The minimum absolute atomic E-state index is 0.147. The Hall–Kier alpha value is -1.26. The molecular weight excluding hydrogens is 146 g/mol. The van der Waals surface area contributed by atoms with Crippen molar-refractivity contribution in [2.75, 3.05) is 0 Å². The zero-order valence-electron chi connectivity index (χ0n) is 5.82. The topological polar surface area (TPSA) is 75.7 Å². The third-order valence-corrected chi connectivity index (χ3v) is 1.29. The Morgan fingerprint density at radius 2 is 2.00 bits per heavy atom. The fraction of sp³-hybridized carbons (Fsp3) is 0.143. The summed E-state index contributed by atoms with van der Waals surface area (Å²) < 4.78 is 0. The molecule has 4 nitrogen and oxygen atoms in total. The van der Waals surface area contributed by atoms with Crippen LogP contribution in [0.2, 0.25) is 0 Å². The molecule has 4 heteroatoms. The molecule has 0 aliphatic rings. The summed E-state index contributed by atoms with van der Waals surface area (Å²) in [6.45, 7) is 0.216. The molecule has 1 aromatic rings. The highest BCUT2D eigenvalue weighted by Crippen LogP contribution is 2.24. The zero-order valence-corrected chi connectivity index (χ0v) is 5.82. The van der Waals surface area contributed by atoms with Crippen LogP contribution in [-0.2, 0) is 11.4 Å². The van der Waals surface area contributed by atoms with E-state index in [9.17, 15) is 0 Å². The van der Waals surface area contributed by atoms with Gasteiger partial charge in [-0.3, -0.25) is 4.84 Å². The fourth-order valence-electron chi connectivity index (χ4n) is 0.755. The second-order valence-corrected chi connectivity index (χ2v) is 2.13. The van der Waals surface area contributed by atoms with Crippen molar-refractivity contribution in [1.29, 1.82) is 0 Å². The van der Waals surface area contributed by atoms with Gasteiger partial charge in [-0.25, -0.2) is 5.90 Å². The van der Waals surface area contributed by atoms with E-state index < -0.39 is 0 Å². The van der Waals surface area contributed by atoms with Gasteiger partial charge in [0.25, 0.3) is 0 Å². The highest BCUT2D eigenvalue weighted by Gasteiger charge is 1.99. The molecule has 0 aromatic heterocycles. The SMILES string of the molecule is NOCc1ccc(O)c(O)c1. The molecule has 1 rings (SSSR count). The molecule has 0 fully saturated rings. The van der Waals surface area contributed by atoms with Crippen molar-refractivity contribution >= 4 is 0 Å². The van der Waals surface area contributed by atoms with Crippen LogP contribution in [0.15, 0.2) is 18.2 Å². The van der Waals surface area contributed by atoms with Crippen LogP contribution < -0.4 is 5.90 Å². The van der Waals surface area contributed by atoms with Crippen LogP contribution in [0.25, 0.3) is 0 Å². The van der Waals surface area contributed by atoms with Gasteiger partial charge in [-0.05, 0) is 17.7 Å². The molecule has 0 saturated carbocycles. The maximum absolute atomic E-state index is 8.98. The van der Waals surface area contributed by atoms with E-state index in [1.54, 1.807) is 6.07 Å². The minimum Gasteiger partial charge on any atom is -0.504 e. The highest BCUT2D eigenvalue weighted by molar-refractivity contribution is 5.40. The molecule has 0 amide bonds. The Labute approximate surface area is 63.8 Å². The van der Waals surface area contributed by atoms with Crippen LogP contribution in [0.5, 0.6) is 11.5 Å². The number of aromatic hydroxyl groups is 2. The smallest absolute Gasteiger partial charge is 0.157 e. The van der Waals surface area contributed by atoms with Crippen LogP contribution >= 0.6 is 0 Å². The molecule has 0 bridgehead atoms. The van der Waals surface area contributed by atoms with Gasteiger partial charge in [0.2, 0.25) is 0 Å². The lowest BCUT2D eigenvalue weighted by atomic mass is 10.2. The number of hydrogen-bond acceptors (Lipinski definition) is 4. The lowest BCUT2D eigenvalue weighted by Crippen LogP contribution is -1.98. The predicted octanol–water partition coefficient (Wildman–Crippen LogP) is 0.488. The first-order chi connectivity index (χ1) is 5.24. The number of benzene rings is 1. The Bertz CT molecular complexity index is 249. The van der Waals surface area contributed by atoms with Crippen molar-refractivity contribution in [2.24, 2.45) is 5.90 Å². The van der Waals surface area contributed by atoms with Gasteiger partial charge in [-0.2, -0.15) is 0 Å². The van der Waals surface area contributed by atoms with E-state index in [2.05, 4.69) is 4.84 Å². The molecule has 0 radical (unpaired) electrons. The van der Waals surface area contributed by atoms with Gasteiger partial charge in [0.15, 0.2) is 11.5 Å². The first kappa shape index (κ1) is 7.84. The maximum atomic E-state index is 8.98. The van der Waals surface area contributed by atoms with Crippen molar-refractivity contribution in [3.63, 3.8) is 0 Å². The van der Waals surface area contributed by atoms with Crippen molar-refractivity contribution in [2.45, 2.75) is 6.61 Å². The quantitative estimate of drug-likeness (QED) is 0.429. The number of nitrogens with two attached hydrogens (primary N) is 1. The highest BCUT2D eigenvalue weighted by atomic mass is 16.6. The Balaban J connectivity index is 2.86. The molecule has 0 saturated heterocycles. The van der Waals surface area contributed by atoms with Gasteiger partial charge in [-0.1, -0.05) is 6.07 Å². The summed E-state index contributed by atoms with van der Waals surface area (Å²) >= 11 is 0. The summed E-state index contributed by atoms with van der Waals surface area (Å²) in [6.07, 6.45) is 0. The lowest BCUT2D eigenvalue weighted by molar-refractivity contribution is 0.124. The number of rotatable bonds is 2. The summed E-state index contributed by atoms with van der Waals surface area (Å²) in [4.78, 5) is 4.33. The Morgan fingerprint density at radius 3 is 2.55 bits per heavy atom. The summed E-state index contributed by atoms with van der Waals surface area (Å²) in [5.41, 5.74) is 0.711. The van der Waals surface area contributed by atoms with Gasteiger partial charge in [-0.15, -0.1) is 0 Å². The molecule has 0 aliphatic heterocycles. The molecule has 0 atom stereocenters. The Morgan fingerprint density at radius 1 is 1.27 bits per heavy atom. The summed E-state index contributed by atoms with van der Waals surface area (Å²) in [5, 5.41) is 17.9. The fourth-order valence-corrected chi connectivity index (χ4v) is 0.755. The second kappa shape index (κ2) is 3.23. The third-order valence-electron chi connectivity index (χ3n) is 1.29. The molecular formula is C7H9NO3. The van der Waals surface area contributed by atoms with E-state index >= 15 is 0 Å². The summed E-state index contributed by atoms with van der Waals surface area (Å²) in [6, 6.07) is 4.38. The first-order valence-corrected chi connectivity index (χ1v) is 3.06. The van der Waals surface area contributed by atoms with E-state index in [-0.39, 0.29) is 18.1 Å². The maximum Gasteiger partial charge on any atom is 0.157 e. The van der Waals surface area contributed by atoms with E-state index in [4.69, 9.17) is 16.1 Å². The molecule has 0 unspecified atom stereocenters. The number of hydrogen-bond donors (Lipinski definition) is 3. The normalized spacial score (nSPS) is 9.91. The Kier molecular flexibility index (Phi) is 2.30. The summed E-state index contributed by atoms with van der Waals surface area (Å²) in [7, 11) is 0. The number of phenolic OH excluding ortho intramolecular Hbond substituents is 2. The van der Waals surface area contributed by atoms with Gasteiger partial charge in [0, 0.05) is 0 Å². The van der Waals surface area contributed by atoms with Gasteiger partial charge >= 0.3 is 0 Å². The van der Waals surface area contributed by atoms with Crippen molar-refractivity contribution < 1.29 is 15.1 Å². The minimum atomic E-state index is -0.167. The van der Waals surface area contributed by atoms with Crippen molar-refractivity contribution in [3.05, 3.63) is 23.8 Å². The number of phenols is 2. The van der Waals surface area contributed by atoms with Gasteiger partial charge in [0.1, 0.15) is 0 Å². The van der Waals surface area contributed by atoms with Crippen LogP contribution in [0.3, 0.4) is 0 Å². The average molecular weight is 155 g/mol. The zero-order chi connectivity index (χ0) is 8.27.